The molecule has 1 heterocycles. The zero-order valence-corrected chi connectivity index (χ0v) is 10.9. The van der Waals surface area contributed by atoms with E-state index in [1.165, 1.54) is 23.0 Å². The summed E-state index contributed by atoms with van der Waals surface area (Å²) in [6.07, 6.45) is 4.08. The Morgan fingerprint density at radius 1 is 1.71 bits per heavy atom. The highest BCUT2D eigenvalue weighted by atomic mass is 79.9. The first kappa shape index (κ1) is 15.5. The Hall–Kier alpha value is -1.54. The van der Waals surface area contributed by atoms with Crippen molar-refractivity contribution in [1.29, 1.82) is 0 Å². The molecule has 2 N–H and O–H groups in total. The van der Waals surface area contributed by atoms with Crippen LogP contribution in [0.2, 0.25) is 0 Å². The van der Waals surface area contributed by atoms with Gasteiger partial charge in [0.1, 0.15) is 5.69 Å². The fourth-order valence-corrected chi connectivity index (χ4v) is 1.22. The number of hydrogen-bond acceptors (Lipinski definition) is 5. The molecule has 0 fully saturated rings. The molecular weight excluding hydrogens is 292 g/mol. The van der Waals surface area contributed by atoms with Crippen LogP contribution in [-0.2, 0) is 18.3 Å². The first-order valence-electron chi connectivity index (χ1n) is 4.60. The minimum Gasteiger partial charge on any atom is -0.358 e. The summed E-state index contributed by atoms with van der Waals surface area (Å²) < 4.78 is 1.46. The number of rotatable bonds is 5. The second-order valence-corrected chi connectivity index (χ2v) is 3.16. The van der Waals surface area contributed by atoms with E-state index >= 15 is 0 Å². The number of nitro groups is 1. The van der Waals surface area contributed by atoms with Crippen molar-refractivity contribution in [2.24, 2.45) is 12.8 Å². The number of nitrogens with two attached hydrogens (primary N) is 1. The molecule has 0 aliphatic rings. The van der Waals surface area contributed by atoms with Gasteiger partial charge in [0.2, 0.25) is 6.33 Å². The molecule has 0 aliphatic carbocycles. The maximum absolute atomic E-state index is 11.4. The third kappa shape index (κ3) is 4.08. The van der Waals surface area contributed by atoms with Gasteiger partial charge >= 0.3 is 5.82 Å². The maximum atomic E-state index is 11.4. The van der Waals surface area contributed by atoms with Gasteiger partial charge in [-0.2, -0.15) is 0 Å². The van der Waals surface area contributed by atoms with Crippen molar-refractivity contribution in [2.45, 2.75) is 6.42 Å². The number of halogens is 1. The summed E-state index contributed by atoms with van der Waals surface area (Å²) in [6.45, 7) is 0.263. The van der Waals surface area contributed by atoms with Gasteiger partial charge in [-0.15, -0.1) is 17.0 Å². The van der Waals surface area contributed by atoms with E-state index in [0.717, 1.165) is 0 Å². The normalized spacial score (nSPS) is 10.2. The molecule has 0 amide bonds. The number of hydrogen-bond donors (Lipinski definition) is 1. The summed E-state index contributed by atoms with van der Waals surface area (Å²) >= 11 is 0. The summed E-state index contributed by atoms with van der Waals surface area (Å²) in [6, 6.07) is 0. The van der Waals surface area contributed by atoms with Gasteiger partial charge in [0.05, 0.1) is 6.42 Å². The third-order valence-electron chi connectivity index (χ3n) is 1.99. The van der Waals surface area contributed by atoms with E-state index in [0.29, 0.717) is 0 Å². The third-order valence-corrected chi connectivity index (χ3v) is 1.99. The molecule has 0 radical (unpaired) electrons. The number of nitrogens with zero attached hydrogens (tertiary/aromatic N) is 3. The van der Waals surface area contributed by atoms with Crippen LogP contribution in [0.5, 0.6) is 0 Å². The van der Waals surface area contributed by atoms with Crippen LogP contribution < -0.4 is 5.73 Å². The van der Waals surface area contributed by atoms with Gasteiger partial charge in [-0.25, -0.2) is 0 Å². The van der Waals surface area contributed by atoms with Crippen molar-refractivity contribution in [3.05, 3.63) is 34.3 Å². The van der Waals surface area contributed by atoms with Crippen LogP contribution in [-0.4, -0.2) is 26.8 Å². The molecule has 0 aliphatic heterocycles. The first-order chi connectivity index (χ1) is 7.56. The standard InChI is InChI=1S/C9H12N4O3.BrH/c1-12-6-11-9(13(15)16)8(12)5-7(14)3-2-4-10;/h2-3,6H,4-5,10H2,1H3;1H. The number of aryl methyl sites for hydroxylation is 1. The van der Waals surface area contributed by atoms with Crippen LogP contribution in [0.25, 0.3) is 0 Å². The van der Waals surface area contributed by atoms with E-state index in [1.54, 1.807) is 7.05 Å². The van der Waals surface area contributed by atoms with Crippen molar-refractivity contribution in [3.8, 4) is 0 Å². The van der Waals surface area contributed by atoms with Gasteiger partial charge < -0.3 is 20.4 Å². The molecule has 0 atom stereocenters. The fourth-order valence-electron chi connectivity index (χ4n) is 1.22. The fraction of sp³-hybridized carbons (Fsp3) is 0.333. The van der Waals surface area contributed by atoms with E-state index in [1.807, 2.05) is 0 Å². The smallest absolute Gasteiger partial charge is 0.358 e. The summed E-state index contributed by atoms with van der Waals surface area (Å²) in [5.41, 5.74) is 5.48. The van der Waals surface area contributed by atoms with Crippen molar-refractivity contribution in [1.82, 2.24) is 9.55 Å². The summed E-state index contributed by atoms with van der Waals surface area (Å²) in [7, 11) is 1.61. The number of imidazole rings is 1. The number of ketones is 1. The summed E-state index contributed by atoms with van der Waals surface area (Å²) in [5.74, 6) is -0.519. The molecule has 0 saturated carbocycles. The average Bonchev–Trinajstić information content (AvgIpc) is 2.58. The minimum absolute atomic E-state index is 0. The molecule has 0 aromatic carbocycles. The predicted octanol–water partition coefficient (Wildman–Crippen LogP) is 0.533. The van der Waals surface area contributed by atoms with Crippen molar-refractivity contribution >= 4 is 28.6 Å². The lowest BCUT2D eigenvalue weighted by Crippen LogP contribution is -2.07. The molecule has 7 nitrogen and oxygen atoms in total. The summed E-state index contributed by atoms with van der Waals surface area (Å²) in [4.78, 5) is 25.0. The molecule has 1 aromatic rings. The van der Waals surface area contributed by atoms with E-state index in [4.69, 9.17) is 5.73 Å². The monoisotopic (exact) mass is 304 g/mol. The van der Waals surface area contributed by atoms with Crippen LogP contribution >= 0.6 is 17.0 Å². The Morgan fingerprint density at radius 3 is 2.88 bits per heavy atom. The van der Waals surface area contributed by atoms with Gasteiger partial charge in [0, 0.05) is 13.6 Å². The molecule has 8 heteroatoms. The Bertz CT molecular complexity index is 441. The van der Waals surface area contributed by atoms with Gasteiger partial charge in [-0.1, -0.05) is 6.08 Å². The van der Waals surface area contributed by atoms with Crippen molar-refractivity contribution in [2.75, 3.05) is 6.54 Å². The largest absolute Gasteiger partial charge is 0.385 e. The molecular formula is C9H13BrN4O3. The Labute approximate surface area is 108 Å². The topological polar surface area (TPSA) is 104 Å². The van der Waals surface area contributed by atoms with Crippen molar-refractivity contribution in [3.63, 3.8) is 0 Å². The Morgan fingerprint density at radius 2 is 2.35 bits per heavy atom. The first-order valence-corrected chi connectivity index (χ1v) is 4.60. The highest BCUT2D eigenvalue weighted by Gasteiger charge is 2.21. The maximum Gasteiger partial charge on any atom is 0.385 e. The van der Waals surface area contributed by atoms with Crippen LogP contribution in [0.1, 0.15) is 5.69 Å². The van der Waals surface area contributed by atoms with Crippen LogP contribution in [0, 0.1) is 10.1 Å². The molecule has 0 spiro atoms. The average molecular weight is 305 g/mol. The molecule has 1 aromatic heterocycles. The van der Waals surface area contributed by atoms with Crippen LogP contribution in [0.3, 0.4) is 0 Å². The zero-order valence-electron chi connectivity index (χ0n) is 9.20. The lowest BCUT2D eigenvalue weighted by Gasteiger charge is -1.98. The van der Waals surface area contributed by atoms with Gasteiger partial charge in [0.25, 0.3) is 0 Å². The number of allylic oxidation sites excluding steroid dienone is 1. The predicted molar refractivity (Wildman–Crippen MR) is 67.1 cm³/mol. The molecule has 94 valence electrons. The zero-order chi connectivity index (χ0) is 12.1. The molecule has 17 heavy (non-hydrogen) atoms. The van der Waals surface area contributed by atoms with E-state index < -0.39 is 4.92 Å². The molecule has 0 saturated heterocycles. The highest BCUT2D eigenvalue weighted by Crippen LogP contribution is 2.15. The van der Waals surface area contributed by atoms with E-state index in [-0.39, 0.29) is 47.2 Å². The second-order valence-electron chi connectivity index (χ2n) is 3.16. The van der Waals surface area contributed by atoms with E-state index in [2.05, 4.69) is 4.98 Å². The highest BCUT2D eigenvalue weighted by molar-refractivity contribution is 8.93. The quantitative estimate of drug-likeness (QED) is 0.485. The lowest BCUT2D eigenvalue weighted by atomic mass is 10.2. The SMILES string of the molecule is Br.Cn1cnc([N+](=O)[O-])c1CC(=O)C=CCN. The van der Waals surface area contributed by atoms with Crippen molar-refractivity contribution < 1.29 is 9.72 Å². The van der Waals surface area contributed by atoms with Gasteiger partial charge in [-0.3, -0.25) is 4.79 Å². The second kappa shape index (κ2) is 6.92. The van der Waals surface area contributed by atoms with Gasteiger partial charge in [0.15, 0.2) is 5.78 Å². The van der Waals surface area contributed by atoms with Crippen LogP contribution in [0.15, 0.2) is 18.5 Å². The Kier molecular flexibility index (Phi) is 6.29. The lowest BCUT2D eigenvalue weighted by molar-refractivity contribution is -0.390. The molecule has 0 bridgehead atoms. The summed E-state index contributed by atoms with van der Waals surface area (Å²) in [5, 5.41) is 10.6. The Balaban J connectivity index is 0.00000256. The van der Waals surface area contributed by atoms with Crippen LogP contribution in [0.4, 0.5) is 5.82 Å². The van der Waals surface area contributed by atoms with E-state index in [9.17, 15) is 14.9 Å². The number of carbonyl (C=O) groups excluding carboxylic acids is 1. The number of carbonyl (C=O) groups is 1. The number of aromatic nitrogens is 2. The molecule has 1 rings (SSSR count). The van der Waals surface area contributed by atoms with Gasteiger partial charge in [-0.05, 0) is 16.0 Å². The minimum atomic E-state index is -0.602. The molecule has 0 unspecified atom stereocenters.